The van der Waals surface area contributed by atoms with Crippen LogP contribution >= 0.6 is 0 Å². The molecule has 1 aromatic rings. The van der Waals surface area contributed by atoms with Crippen molar-refractivity contribution in [2.24, 2.45) is 5.41 Å². The van der Waals surface area contributed by atoms with Crippen LogP contribution in [0.3, 0.4) is 0 Å². The highest BCUT2D eigenvalue weighted by Gasteiger charge is 2.35. The molecule has 3 nitrogen and oxygen atoms in total. The van der Waals surface area contributed by atoms with Crippen LogP contribution in [-0.4, -0.2) is 42.8 Å². The number of hydrogen-bond acceptors (Lipinski definition) is 3. The van der Waals surface area contributed by atoms with Gasteiger partial charge in [-0.15, -0.1) is 0 Å². The quantitative estimate of drug-likeness (QED) is 0.896. The van der Waals surface area contributed by atoms with Gasteiger partial charge in [0.15, 0.2) is 0 Å². The van der Waals surface area contributed by atoms with Gasteiger partial charge in [0.1, 0.15) is 5.82 Å². The van der Waals surface area contributed by atoms with Gasteiger partial charge < -0.3 is 10.4 Å². The van der Waals surface area contributed by atoms with Gasteiger partial charge in [0.2, 0.25) is 0 Å². The van der Waals surface area contributed by atoms with Gasteiger partial charge in [-0.1, -0.05) is 6.07 Å². The van der Waals surface area contributed by atoms with E-state index in [0.717, 1.165) is 30.8 Å². The summed E-state index contributed by atoms with van der Waals surface area (Å²) in [6.45, 7) is 5.44. The van der Waals surface area contributed by atoms with Crippen LogP contribution in [0.5, 0.6) is 0 Å². The van der Waals surface area contributed by atoms with E-state index >= 15 is 0 Å². The predicted octanol–water partition coefficient (Wildman–Crippen LogP) is 2.33. The van der Waals surface area contributed by atoms with Gasteiger partial charge >= 0.3 is 0 Å². The molecule has 0 unspecified atom stereocenters. The number of hydrogen-bond donors (Lipinski definition) is 2. The van der Waals surface area contributed by atoms with Crippen molar-refractivity contribution >= 4 is 0 Å². The topological polar surface area (TPSA) is 35.5 Å². The van der Waals surface area contributed by atoms with E-state index in [4.69, 9.17) is 5.11 Å². The molecule has 3 rings (SSSR count). The normalized spacial score (nSPS) is 22.1. The molecule has 0 saturated carbocycles. The van der Waals surface area contributed by atoms with E-state index < -0.39 is 0 Å². The molecule has 0 radical (unpaired) electrons. The summed E-state index contributed by atoms with van der Waals surface area (Å²) in [4.78, 5) is 2.44. The average Bonchev–Trinajstić information content (AvgIpc) is 2.51. The third-order valence-corrected chi connectivity index (χ3v) is 5.30. The van der Waals surface area contributed by atoms with Crippen LogP contribution in [0.1, 0.15) is 36.8 Å². The van der Waals surface area contributed by atoms with Crippen LogP contribution in [0.4, 0.5) is 4.39 Å². The summed E-state index contributed by atoms with van der Waals surface area (Å²) < 4.78 is 13.7. The summed E-state index contributed by atoms with van der Waals surface area (Å²) in [6, 6.07) is 5.19. The lowest BCUT2D eigenvalue weighted by atomic mass is 9.73. The molecule has 2 saturated heterocycles. The van der Waals surface area contributed by atoms with Gasteiger partial charge in [-0.05, 0) is 80.4 Å². The molecule has 2 N–H and O–H groups in total. The maximum absolute atomic E-state index is 13.7. The largest absolute Gasteiger partial charge is 0.396 e. The van der Waals surface area contributed by atoms with Crippen LogP contribution in [0, 0.1) is 11.2 Å². The number of aliphatic hydroxyl groups excluding tert-OH is 1. The standard InChI is InChI=1S/C18H27FN2O/c19-17-11-15(2-9-22)10-16(12-17)13-21-7-4-18(5-8-21)3-1-6-20-14-18/h10-12,20,22H,1-9,13-14H2. The van der Waals surface area contributed by atoms with Crippen molar-refractivity contribution in [2.45, 2.75) is 38.6 Å². The van der Waals surface area contributed by atoms with Gasteiger partial charge in [0.05, 0.1) is 0 Å². The van der Waals surface area contributed by atoms with E-state index in [9.17, 15) is 4.39 Å². The molecule has 0 atom stereocenters. The Kier molecular flexibility index (Phi) is 5.11. The molecule has 22 heavy (non-hydrogen) atoms. The minimum Gasteiger partial charge on any atom is -0.396 e. The molecular formula is C18H27FN2O. The van der Waals surface area contributed by atoms with Gasteiger partial charge in [0, 0.05) is 19.7 Å². The summed E-state index contributed by atoms with van der Waals surface area (Å²) in [5.41, 5.74) is 2.43. The molecule has 1 aromatic carbocycles. The van der Waals surface area contributed by atoms with Crippen molar-refractivity contribution < 1.29 is 9.50 Å². The van der Waals surface area contributed by atoms with E-state index in [-0.39, 0.29) is 12.4 Å². The van der Waals surface area contributed by atoms with Crippen LogP contribution in [0.2, 0.25) is 0 Å². The molecule has 2 aliphatic heterocycles. The van der Waals surface area contributed by atoms with Crippen LogP contribution in [-0.2, 0) is 13.0 Å². The first kappa shape index (κ1) is 15.9. The molecule has 1 spiro atoms. The van der Waals surface area contributed by atoms with Crippen molar-refractivity contribution in [3.05, 3.63) is 35.1 Å². The van der Waals surface area contributed by atoms with Crippen LogP contribution < -0.4 is 5.32 Å². The highest BCUT2D eigenvalue weighted by atomic mass is 19.1. The van der Waals surface area contributed by atoms with Crippen molar-refractivity contribution in [3.8, 4) is 0 Å². The molecule has 0 amide bonds. The van der Waals surface area contributed by atoms with Crippen molar-refractivity contribution in [1.82, 2.24) is 10.2 Å². The number of halogens is 1. The van der Waals surface area contributed by atoms with Crippen LogP contribution in [0.15, 0.2) is 18.2 Å². The Bertz CT molecular complexity index is 490. The van der Waals surface area contributed by atoms with Gasteiger partial charge in [-0.2, -0.15) is 0 Å². The lowest BCUT2D eigenvalue weighted by Crippen LogP contribution is -2.47. The first-order chi connectivity index (χ1) is 10.7. The van der Waals surface area contributed by atoms with Crippen molar-refractivity contribution in [1.29, 1.82) is 0 Å². The van der Waals surface area contributed by atoms with Crippen molar-refractivity contribution in [2.75, 3.05) is 32.8 Å². The summed E-state index contributed by atoms with van der Waals surface area (Å²) in [7, 11) is 0. The number of benzene rings is 1. The molecule has 0 aliphatic carbocycles. The Morgan fingerprint density at radius 2 is 1.91 bits per heavy atom. The summed E-state index contributed by atoms with van der Waals surface area (Å²) in [5, 5.41) is 12.6. The van der Waals surface area contributed by atoms with Gasteiger partial charge in [0.25, 0.3) is 0 Å². The monoisotopic (exact) mass is 306 g/mol. The smallest absolute Gasteiger partial charge is 0.123 e. The molecule has 0 aromatic heterocycles. The zero-order chi connectivity index (χ0) is 15.4. The van der Waals surface area contributed by atoms with E-state index in [1.165, 1.54) is 44.8 Å². The minimum atomic E-state index is -0.189. The third kappa shape index (κ3) is 3.86. The molecule has 2 fully saturated rings. The first-order valence-electron chi connectivity index (χ1n) is 8.51. The van der Waals surface area contributed by atoms with E-state index in [0.29, 0.717) is 11.8 Å². The second kappa shape index (κ2) is 7.07. The number of likely N-dealkylation sites (tertiary alicyclic amines) is 1. The summed E-state index contributed by atoms with van der Waals surface area (Å²) in [5.74, 6) is -0.189. The Morgan fingerprint density at radius 3 is 2.59 bits per heavy atom. The predicted molar refractivity (Wildman–Crippen MR) is 86.2 cm³/mol. The van der Waals surface area contributed by atoms with Crippen molar-refractivity contribution in [3.63, 3.8) is 0 Å². The zero-order valence-corrected chi connectivity index (χ0v) is 13.3. The minimum absolute atomic E-state index is 0.0716. The third-order valence-electron chi connectivity index (χ3n) is 5.30. The second-order valence-electron chi connectivity index (χ2n) is 7.00. The fraction of sp³-hybridized carbons (Fsp3) is 0.667. The van der Waals surface area contributed by atoms with E-state index in [1.807, 2.05) is 6.07 Å². The zero-order valence-electron chi connectivity index (χ0n) is 13.3. The Hall–Kier alpha value is -0.970. The van der Waals surface area contributed by atoms with Gasteiger partial charge in [-0.3, -0.25) is 4.90 Å². The van der Waals surface area contributed by atoms with Crippen LogP contribution in [0.25, 0.3) is 0 Å². The first-order valence-corrected chi connectivity index (χ1v) is 8.51. The fourth-order valence-corrected chi connectivity index (χ4v) is 3.98. The number of rotatable bonds is 4. The summed E-state index contributed by atoms with van der Waals surface area (Å²) >= 11 is 0. The highest BCUT2D eigenvalue weighted by Crippen LogP contribution is 2.37. The SMILES string of the molecule is OCCc1cc(F)cc(CN2CCC3(CCCNC3)CC2)c1. The maximum atomic E-state index is 13.7. The second-order valence-corrected chi connectivity index (χ2v) is 7.00. The Morgan fingerprint density at radius 1 is 1.14 bits per heavy atom. The molecule has 4 heteroatoms. The molecule has 122 valence electrons. The lowest BCUT2D eigenvalue weighted by molar-refractivity contribution is 0.0749. The van der Waals surface area contributed by atoms with E-state index in [2.05, 4.69) is 10.2 Å². The Labute approximate surface area is 132 Å². The molecule has 0 bridgehead atoms. The molecule has 2 heterocycles. The fourth-order valence-electron chi connectivity index (χ4n) is 3.98. The Balaban J connectivity index is 1.58. The maximum Gasteiger partial charge on any atom is 0.123 e. The number of aliphatic hydroxyl groups is 1. The lowest BCUT2D eigenvalue weighted by Gasteiger charge is -2.44. The molecular weight excluding hydrogens is 279 g/mol. The average molecular weight is 306 g/mol. The summed E-state index contributed by atoms with van der Waals surface area (Å²) in [6.07, 6.45) is 5.68. The number of piperidine rings is 2. The molecule has 2 aliphatic rings. The highest BCUT2D eigenvalue weighted by molar-refractivity contribution is 5.25. The number of nitrogens with one attached hydrogen (secondary N) is 1. The number of nitrogens with zero attached hydrogens (tertiary/aromatic N) is 1. The van der Waals surface area contributed by atoms with E-state index in [1.54, 1.807) is 6.07 Å². The van der Waals surface area contributed by atoms with Gasteiger partial charge in [-0.25, -0.2) is 4.39 Å².